The molecule has 1 aliphatic heterocycles. The zero-order valence-corrected chi connectivity index (χ0v) is 14.5. The third-order valence-electron chi connectivity index (χ3n) is 4.72. The Balaban J connectivity index is 1.61. The van der Waals surface area contributed by atoms with Crippen molar-refractivity contribution in [3.8, 4) is 11.5 Å². The maximum Gasteiger partial charge on any atom is 0.320 e. The van der Waals surface area contributed by atoms with Crippen molar-refractivity contribution in [2.45, 2.75) is 26.1 Å². The first kappa shape index (κ1) is 16.8. The highest BCUT2D eigenvalue weighted by atomic mass is 19.3. The molecule has 0 aliphatic carbocycles. The van der Waals surface area contributed by atoms with Crippen molar-refractivity contribution in [2.75, 3.05) is 13.8 Å². The third-order valence-corrected chi connectivity index (χ3v) is 4.72. The zero-order chi connectivity index (χ0) is 18.3. The minimum Gasteiger partial charge on any atom is -0.454 e. The Kier molecular flexibility index (Phi) is 4.24. The molecule has 0 fully saturated rings. The molecule has 136 valence electrons. The maximum absolute atomic E-state index is 13.7. The molecular weight excluding hydrogens is 340 g/mol. The molecule has 3 aromatic rings. The molecule has 5 nitrogen and oxygen atoms in total. The highest BCUT2D eigenvalue weighted by molar-refractivity contribution is 5.76. The molecule has 1 aromatic heterocycles. The Morgan fingerprint density at radius 2 is 1.92 bits per heavy atom. The van der Waals surface area contributed by atoms with Crippen LogP contribution in [0.4, 0.5) is 8.78 Å². The second kappa shape index (κ2) is 6.57. The van der Waals surface area contributed by atoms with Gasteiger partial charge in [-0.1, -0.05) is 18.2 Å². The molecular formula is C19H19F2N3O2. The smallest absolute Gasteiger partial charge is 0.320 e. The summed E-state index contributed by atoms with van der Waals surface area (Å²) in [5.41, 5.74) is 2.04. The van der Waals surface area contributed by atoms with Crippen LogP contribution in [-0.2, 0) is 6.54 Å². The summed E-state index contributed by atoms with van der Waals surface area (Å²) in [4.78, 5) is 6.43. The van der Waals surface area contributed by atoms with E-state index in [1.54, 1.807) is 24.3 Å². The van der Waals surface area contributed by atoms with Gasteiger partial charge in [-0.15, -0.1) is 0 Å². The quantitative estimate of drug-likeness (QED) is 0.679. The van der Waals surface area contributed by atoms with Crippen molar-refractivity contribution in [1.82, 2.24) is 14.5 Å². The molecule has 2 heterocycles. The lowest BCUT2D eigenvalue weighted by Crippen LogP contribution is -2.25. The SMILES string of the molecule is CC(c1nc2ccccc2n1C(F)F)N(C)Cc1ccc2c(c1)OCO2. The van der Waals surface area contributed by atoms with Gasteiger partial charge in [0.25, 0.3) is 0 Å². The van der Waals surface area contributed by atoms with Gasteiger partial charge in [0.05, 0.1) is 17.1 Å². The van der Waals surface area contributed by atoms with Gasteiger partial charge in [-0.3, -0.25) is 9.47 Å². The zero-order valence-electron chi connectivity index (χ0n) is 14.5. The van der Waals surface area contributed by atoms with Gasteiger partial charge in [-0.05, 0) is 43.8 Å². The molecule has 0 spiro atoms. The van der Waals surface area contributed by atoms with E-state index in [9.17, 15) is 8.78 Å². The number of benzene rings is 2. The molecule has 2 aromatic carbocycles. The molecule has 7 heteroatoms. The van der Waals surface area contributed by atoms with Crippen molar-refractivity contribution >= 4 is 11.0 Å². The maximum atomic E-state index is 13.7. The number of hydrogen-bond acceptors (Lipinski definition) is 4. The van der Waals surface area contributed by atoms with Crippen LogP contribution in [0.15, 0.2) is 42.5 Å². The molecule has 0 bridgehead atoms. The van der Waals surface area contributed by atoms with E-state index in [0.717, 1.165) is 15.9 Å². The van der Waals surface area contributed by atoms with Gasteiger partial charge < -0.3 is 9.47 Å². The predicted octanol–water partition coefficient (Wildman–Crippen LogP) is 4.35. The fourth-order valence-corrected chi connectivity index (χ4v) is 3.22. The number of aromatic nitrogens is 2. The van der Waals surface area contributed by atoms with Crippen LogP contribution in [0.3, 0.4) is 0 Å². The van der Waals surface area contributed by atoms with E-state index in [1.165, 1.54) is 0 Å². The highest BCUT2D eigenvalue weighted by Crippen LogP contribution is 2.34. The first-order valence-electron chi connectivity index (χ1n) is 8.38. The highest BCUT2D eigenvalue weighted by Gasteiger charge is 2.24. The molecule has 0 radical (unpaired) electrons. The Hall–Kier alpha value is -2.67. The van der Waals surface area contributed by atoms with E-state index in [-0.39, 0.29) is 12.8 Å². The van der Waals surface area contributed by atoms with Crippen molar-refractivity contribution in [1.29, 1.82) is 0 Å². The molecule has 26 heavy (non-hydrogen) atoms. The Morgan fingerprint density at radius 3 is 2.73 bits per heavy atom. The summed E-state index contributed by atoms with van der Waals surface area (Å²) >= 11 is 0. The number of rotatable bonds is 5. The number of ether oxygens (including phenoxy) is 2. The second-order valence-electron chi connectivity index (χ2n) is 6.39. The number of fused-ring (bicyclic) bond motifs is 2. The van der Waals surface area contributed by atoms with Gasteiger partial charge in [0, 0.05) is 6.54 Å². The van der Waals surface area contributed by atoms with Gasteiger partial charge in [-0.25, -0.2) is 4.98 Å². The number of halogens is 2. The lowest BCUT2D eigenvalue weighted by molar-refractivity contribution is 0.0657. The van der Waals surface area contributed by atoms with Gasteiger partial charge in [-0.2, -0.15) is 8.78 Å². The van der Waals surface area contributed by atoms with E-state index in [2.05, 4.69) is 4.98 Å². The molecule has 1 aliphatic rings. The van der Waals surface area contributed by atoms with E-state index < -0.39 is 6.55 Å². The molecule has 1 unspecified atom stereocenters. The predicted molar refractivity (Wildman–Crippen MR) is 93.4 cm³/mol. The summed E-state index contributed by atoms with van der Waals surface area (Å²) < 4.78 is 39.1. The Morgan fingerprint density at radius 1 is 1.15 bits per heavy atom. The number of nitrogens with zero attached hydrogens (tertiary/aromatic N) is 3. The van der Waals surface area contributed by atoms with Crippen LogP contribution >= 0.6 is 0 Å². The number of imidazole rings is 1. The summed E-state index contributed by atoms with van der Waals surface area (Å²) in [6.07, 6.45) is 0. The number of hydrogen-bond donors (Lipinski definition) is 0. The first-order chi connectivity index (χ1) is 12.5. The van der Waals surface area contributed by atoms with Crippen molar-refractivity contribution in [2.24, 2.45) is 0 Å². The van der Waals surface area contributed by atoms with E-state index in [1.807, 2.05) is 37.1 Å². The second-order valence-corrected chi connectivity index (χ2v) is 6.39. The topological polar surface area (TPSA) is 39.5 Å². The monoisotopic (exact) mass is 359 g/mol. The molecule has 4 rings (SSSR count). The molecule has 0 saturated carbocycles. The van der Waals surface area contributed by atoms with Gasteiger partial charge in [0.1, 0.15) is 5.82 Å². The molecule has 0 amide bonds. The van der Waals surface area contributed by atoms with Crippen LogP contribution in [-0.4, -0.2) is 28.3 Å². The lowest BCUT2D eigenvalue weighted by Gasteiger charge is -2.25. The van der Waals surface area contributed by atoms with Gasteiger partial charge in [0.15, 0.2) is 11.5 Å². The third kappa shape index (κ3) is 2.88. The minimum atomic E-state index is -2.64. The van der Waals surface area contributed by atoms with E-state index in [4.69, 9.17) is 9.47 Å². The summed E-state index contributed by atoms with van der Waals surface area (Å²) in [5, 5.41) is 0. The van der Waals surface area contributed by atoms with Gasteiger partial charge in [0.2, 0.25) is 6.79 Å². The fourth-order valence-electron chi connectivity index (χ4n) is 3.22. The standard InChI is InChI=1S/C19H19F2N3O2/c1-12(18-22-14-5-3-4-6-15(14)24(18)19(20)21)23(2)10-13-7-8-16-17(9-13)26-11-25-16/h3-9,12,19H,10-11H2,1-2H3. The summed E-state index contributed by atoms with van der Waals surface area (Å²) in [5.74, 6) is 1.79. The van der Waals surface area contributed by atoms with Crippen LogP contribution in [0.1, 0.15) is 30.9 Å². The van der Waals surface area contributed by atoms with Gasteiger partial charge >= 0.3 is 6.55 Å². The van der Waals surface area contributed by atoms with Crippen molar-refractivity contribution in [3.63, 3.8) is 0 Å². The average Bonchev–Trinajstić information content (AvgIpc) is 3.24. The Bertz CT molecular complexity index is 942. The number of alkyl halides is 2. The van der Waals surface area contributed by atoms with Crippen LogP contribution in [0.2, 0.25) is 0 Å². The fraction of sp³-hybridized carbons (Fsp3) is 0.316. The summed E-state index contributed by atoms with van der Waals surface area (Å²) in [7, 11) is 1.89. The van der Waals surface area contributed by atoms with Crippen molar-refractivity contribution < 1.29 is 18.3 Å². The normalized spacial score (nSPS) is 14.5. The lowest BCUT2D eigenvalue weighted by atomic mass is 10.1. The van der Waals surface area contributed by atoms with E-state index in [0.29, 0.717) is 29.2 Å². The first-order valence-corrected chi connectivity index (χ1v) is 8.38. The van der Waals surface area contributed by atoms with Crippen LogP contribution in [0.5, 0.6) is 11.5 Å². The average molecular weight is 359 g/mol. The van der Waals surface area contributed by atoms with E-state index >= 15 is 0 Å². The van der Waals surface area contributed by atoms with Crippen LogP contribution < -0.4 is 9.47 Å². The largest absolute Gasteiger partial charge is 0.454 e. The van der Waals surface area contributed by atoms with Crippen molar-refractivity contribution in [3.05, 3.63) is 53.9 Å². The molecule has 0 N–H and O–H groups in total. The van der Waals surface area contributed by atoms with Crippen LogP contribution in [0, 0.1) is 0 Å². The van der Waals surface area contributed by atoms with Crippen LogP contribution in [0.25, 0.3) is 11.0 Å². The summed E-state index contributed by atoms with van der Waals surface area (Å²) in [6.45, 7) is 0.0413. The minimum absolute atomic E-state index is 0.226. The Labute approximate surface area is 149 Å². The molecule has 0 saturated heterocycles. The number of para-hydroxylation sites is 2. The molecule has 1 atom stereocenters. The summed E-state index contributed by atoms with van der Waals surface area (Å²) in [6, 6.07) is 12.4.